The van der Waals surface area contributed by atoms with Crippen LogP contribution in [0.1, 0.15) is 26.3 Å². The number of carbonyl (C=O) groups excluding carboxylic acids is 3. The van der Waals surface area contributed by atoms with E-state index in [1.165, 1.54) is 21.9 Å². The van der Waals surface area contributed by atoms with Crippen molar-refractivity contribution in [2.45, 2.75) is 12.7 Å². The minimum absolute atomic E-state index is 0.0799. The molecule has 0 heterocycles. The van der Waals surface area contributed by atoms with Gasteiger partial charge in [-0.2, -0.15) is 13.2 Å². The highest BCUT2D eigenvalue weighted by atomic mass is 19.4. The normalized spacial score (nSPS) is 10.9. The predicted molar refractivity (Wildman–Crippen MR) is 111 cm³/mol. The highest BCUT2D eigenvalue weighted by Gasteiger charge is 2.27. The molecule has 172 valence electrons. The van der Waals surface area contributed by atoms with E-state index in [1.807, 2.05) is 0 Å². The fourth-order valence-corrected chi connectivity index (χ4v) is 2.63. The Kier molecular flexibility index (Phi) is 8.22. The van der Waals surface area contributed by atoms with Crippen molar-refractivity contribution in [1.82, 2.24) is 15.1 Å². The molecule has 2 rings (SSSR count). The van der Waals surface area contributed by atoms with Crippen molar-refractivity contribution >= 4 is 17.7 Å². The van der Waals surface area contributed by atoms with Crippen LogP contribution in [-0.2, 0) is 11.3 Å². The zero-order chi connectivity index (χ0) is 23.9. The number of benzene rings is 2. The van der Waals surface area contributed by atoms with Gasteiger partial charge in [0.05, 0.1) is 5.56 Å². The topological polar surface area (TPSA) is 79.0 Å². The largest absolute Gasteiger partial charge is 0.483 e. The molecule has 0 aromatic heterocycles. The summed E-state index contributed by atoms with van der Waals surface area (Å²) in [4.78, 5) is 39.2. The second-order valence-electron chi connectivity index (χ2n) is 7.23. The Labute approximate surface area is 183 Å². The van der Waals surface area contributed by atoms with Crippen LogP contribution >= 0.6 is 0 Å². The summed E-state index contributed by atoms with van der Waals surface area (Å²) < 4.78 is 42.2. The molecule has 0 aliphatic carbocycles. The summed E-state index contributed by atoms with van der Waals surface area (Å²) >= 11 is 0. The highest BCUT2D eigenvalue weighted by Crippen LogP contribution is 2.21. The van der Waals surface area contributed by atoms with E-state index in [0.29, 0.717) is 5.56 Å². The average molecular weight is 451 g/mol. The summed E-state index contributed by atoms with van der Waals surface area (Å²) in [5, 5.41) is 1.80. The number of para-hydroxylation sites is 1. The number of likely N-dealkylation sites (N-methyl/N-ethyl adjacent to an activating group) is 1. The maximum Gasteiger partial charge on any atom is 0.405 e. The van der Waals surface area contributed by atoms with Gasteiger partial charge in [-0.25, -0.2) is 0 Å². The highest BCUT2D eigenvalue weighted by molar-refractivity contribution is 5.97. The second-order valence-corrected chi connectivity index (χ2v) is 7.23. The third kappa shape index (κ3) is 7.29. The van der Waals surface area contributed by atoms with E-state index in [4.69, 9.17) is 4.74 Å². The first-order valence-electron chi connectivity index (χ1n) is 9.59. The van der Waals surface area contributed by atoms with E-state index in [1.54, 1.807) is 62.9 Å². The number of hydrogen-bond acceptors (Lipinski definition) is 4. The van der Waals surface area contributed by atoms with Gasteiger partial charge >= 0.3 is 6.18 Å². The molecule has 0 bridgehead atoms. The smallest absolute Gasteiger partial charge is 0.405 e. The zero-order valence-corrected chi connectivity index (χ0v) is 17.9. The molecular weight excluding hydrogens is 427 g/mol. The molecule has 0 aliphatic heterocycles. The van der Waals surface area contributed by atoms with Gasteiger partial charge in [-0.05, 0) is 29.8 Å². The van der Waals surface area contributed by atoms with Gasteiger partial charge in [0.1, 0.15) is 12.3 Å². The van der Waals surface area contributed by atoms with Crippen LogP contribution in [0, 0.1) is 0 Å². The van der Waals surface area contributed by atoms with Crippen LogP contribution in [0.4, 0.5) is 13.2 Å². The Morgan fingerprint density at radius 1 is 0.969 bits per heavy atom. The van der Waals surface area contributed by atoms with E-state index in [-0.39, 0.29) is 41.8 Å². The van der Waals surface area contributed by atoms with Crippen molar-refractivity contribution in [3.63, 3.8) is 0 Å². The molecule has 3 amide bonds. The van der Waals surface area contributed by atoms with E-state index in [0.717, 1.165) is 0 Å². The van der Waals surface area contributed by atoms with Crippen LogP contribution in [0.25, 0.3) is 0 Å². The van der Waals surface area contributed by atoms with Crippen molar-refractivity contribution < 1.29 is 32.3 Å². The molecule has 0 unspecified atom stereocenters. The van der Waals surface area contributed by atoms with Crippen LogP contribution in [0.5, 0.6) is 5.75 Å². The van der Waals surface area contributed by atoms with Crippen molar-refractivity contribution in [1.29, 1.82) is 0 Å². The minimum Gasteiger partial charge on any atom is -0.483 e. The monoisotopic (exact) mass is 451 g/mol. The number of amides is 3. The Morgan fingerprint density at radius 2 is 1.59 bits per heavy atom. The number of nitrogens with zero attached hydrogens (tertiary/aromatic N) is 2. The van der Waals surface area contributed by atoms with E-state index in [2.05, 4.69) is 0 Å². The van der Waals surface area contributed by atoms with Gasteiger partial charge in [0.2, 0.25) is 0 Å². The first kappa shape index (κ1) is 24.7. The second kappa shape index (κ2) is 10.7. The first-order valence-corrected chi connectivity index (χ1v) is 9.59. The summed E-state index contributed by atoms with van der Waals surface area (Å²) in [6.45, 7) is -1.43. The molecule has 0 spiro atoms. The van der Waals surface area contributed by atoms with Gasteiger partial charge in [-0.1, -0.05) is 24.3 Å². The van der Waals surface area contributed by atoms with Crippen molar-refractivity contribution in [3.05, 3.63) is 65.2 Å². The number of ether oxygens (including phenoxy) is 1. The van der Waals surface area contributed by atoms with Gasteiger partial charge < -0.3 is 19.9 Å². The fourth-order valence-electron chi connectivity index (χ4n) is 2.63. The van der Waals surface area contributed by atoms with Gasteiger partial charge in [0.25, 0.3) is 17.7 Å². The van der Waals surface area contributed by atoms with E-state index < -0.39 is 18.6 Å². The maximum absolute atomic E-state index is 12.9. The Morgan fingerprint density at radius 3 is 2.19 bits per heavy atom. The van der Waals surface area contributed by atoms with Crippen LogP contribution in [-0.4, -0.2) is 68.0 Å². The van der Waals surface area contributed by atoms with Gasteiger partial charge in [-0.3, -0.25) is 14.4 Å². The molecule has 2 aromatic rings. The summed E-state index contributed by atoms with van der Waals surface area (Å²) in [6, 6.07) is 12.5. The quantitative estimate of drug-likeness (QED) is 0.670. The summed E-state index contributed by atoms with van der Waals surface area (Å²) in [6.07, 6.45) is -4.49. The first-order chi connectivity index (χ1) is 15.0. The molecule has 0 saturated heterocycles. The molecule has 10 heteroatoms. The van der Waals surface area contributed by atoms with Crippen molar-refractivity contribution in [3.8, 4) is 5.75 Å². The van der Waals surface area contributed by atoms with Crippen LogP contribution in [0.2, 0.25) is 0 Å². The lowest BCUT2D eigenvalue weighted by Crippen LogP contribution is -2.33. The zero-order valence-electron chi connectivity index (χ0n) is 17.9. The Hall–Kier alpha value is -3.56. The van der Waals surface area contributed by atoms with Gasteiger partial charge in [0.15, 0.2) is 6.61 Å². The number of alkyl halides is 3. The van der Waals surface area contributed by atoms with Crippen molar-refractivity contribution in [2.24, 2.45) is 0 Å². The molecule has 7 nitrogen and oxygen atoms in total. The fraction of sp³-hybridized carbons (Fsp3) is 0.318. The molecule has 0 aliphatic rings. The lowest BCUT2D eigenvalue weighted by molar-refractivity contribution is -0.130. The summed E-state index contributed by atoms with van der Waals surface area (Å²) in [5.41, 5.74) is 1.04. The van der Waals surface area contributed by atoms with Crippen LogP contribution < -0.4 is 10.1 Å². The third-order valence-electron chi connectivity index (χ3n) is 4.40. The predicted octanol–water partition coefficient (Wildman–Crippen LogP) is 2.72. The third-order valence-corrected chi connectivity index (χ3v) is 4.40. The molecule has 1 N–H and O–H groups in total. The number of rotatable bonds is 8. The molecule has 0 radical (unpaired) electrons. The molecule has 0 saturated carbocycles. The van der Waals surface area contributed by atoms with Crippen molar-refractivity contribution in [2.75, 3.05) is 34.3 Å². The SMILES string of the molecule is CN(C)C(=O)COc1ccccc1C(=O)N(C)Cc1ccc(C(=O)NCC(F)(F)F)cc1. The minimum atomic E-state index is -4.49. The molecular formula is C22H24F3N3O4. The number of hydrogen-bond donors (Lipinski definition) is 1. The number of halogens is 3. The molecule has 0 atom stereocenters. The standard InChI is InChI=1S/C22H24F3N3O4/c1-27(2)19(29)13-32-18-7-5-4-6-17(18)21(31)28(3)12-15-8-10-16(11-9-15)20(30)26-14-22(23,24)25/h4-11H,12-14H2,1-3H3,(H,26,30). The summed E-state index contributed by atoms with van der Waals surface area (Å²) in [5.74, 6) is -1.15. The average Bonchev–Trinajstić information content (AvgIpc) is 2.75. The maximum atomic E-state index is 12.9. The Balaban J connectivity index is 2.02. The lowest BCUT2D eigenvalue weighted by atomic mass is 10.1. The number of nitrogens with one attached hydrogen (secondary N) is 1. The molecule has 2 aromatic carbocycles. The van der Waals surface area contributed by atoms with E-state index in [9.17, 15) is 27.6 Å². The van der Waals surface area contributed by atoms with Gasteiger partial charge in [-0.15, -0.1) is 0 Å². The molecule has 0 fully saturated rings. The van der Waals surface area contributed by atoms with Crippen LogP contribution in [0.15, 0.2) is 48.5 Å². The Bertz CT molecular complexity index is 960. The van der Waals surface area contributed by atoms with Crippen LogP contribution in [0.3, 0.4) is 0 Å². The lowest BCUT2D eigenvalue weighted by Gasteiger charge is -2.20. The molecule has 32 heavy (non-hydrogen) atoms. The van der Waals surface area contributed by atoms with Gasteiger partial charge in [0, 0.05) is 33.3 Å². The van der Waals surface area contributed by atoms with E-state index >= 15 is 0 Å². The number of carbonyl (C=O) groups is 3. The summed E-state index contributed by atoms with van der Waals surface area (Å²) in [7, 11) is 4.78.